The van der Waals surface area contributed by atoms with Crippen molar-refractivity contribution in [2.75, 3.05) is 0 Å². The summed E-state index contributed by atoms with van der Waals surface area (Å²) < 4.78 is 2.57. The Balaban J connectivity index is 1.11. The Morgan fingerprint density at radius 2 is 1.25 bits per heavy atom. The second-order valence-corrected chi connectivity index (χ2v) is 16.0. The molecular weight excluding hydrogens is 603 g/mol. The highest BCUT2D eigenvalue weighted by Crippen LogP contribution is 2.54. The molecule has 1 aliphatic carbocycles. The van der Waals surface area contributed by atoms with Gasteiger partial charge in [-0.05, 0) is 102 Å². The van der Waals surface area contributed by atoms with Crippen molar-refractivity contribution in [1.29, 1.82) is 0 Å². The molecule has 0 saturated carbocycles. The average Bonchev–Trinajstić information content (AvgIpc) is 3.57. The van der Waals surface area contributed by atoms with Gasteiger partial charge in [0.2, 0.25) is 0 Å². The van der Waals surface area contributed by atoms with Gasteiger partial charge in [0.1, 0.15) is 6.33 Å². The van der Waals surface area contributed by atoms with E-state index in [1.165, 1.54) is 80.3 Å². The molecule has 0 fully saturated rings. The molecule has 3 nitrogen and oxygen atoms in total. The molecule has 4 heteroatoms. The summed E-state index contributed by atoms with van der Waals surface area (Å²) >= 11 is 1.82. The Kier molecular flexibility index (Phi) is 5.49. The van der Waals surface area contributed by atoms with E-state index < -0.39 is 0 Å². The Morgan fingerprint density at radius 1 is 0.583 bits per heavy atom. The van der Waals surface area contributed by atoms with Crippen LogP contribution in [0.1, 0.15) is 51.3 Å². The lowest BCUT2D eigenvalue weighted by atomic mass is 9.79. The van der Waals surface area contributed by atoms with Crippen LogP contribution in [0.15, 0.2) is 109 Å². The summed E-state index contributed by atoms with van der Waals surface area (Å²) in [6.07, 6.45) is 1.65. The van der Waals surface area contributed by atoms with Gasteiger partial charge in [-0.15, -0.1) is 11.3 Å². The van der Waals surface area contributed by atoms with Crippen LogP contribution in [0.5, 0.6) is 0 Å². The van der Waals surface area contributed by atoms with E-state index in [1.807, 2.05) is 11.3 Å². The zero-order chi connectivity index (χ0) is 32.5. The third-order valence-electron chi connectivity index (χ3n) is 10.7. The van der Waals surface area contributed by atoms with Gasteiger partial charge in [0, 0.05) is 36.7 Å². The van der Waals surface area contributed by atoms with Crippen LogP contribution < -0.4 is 0 Å². The van der Waals surface area contributed by atoms with Gasteiger partial charge in [-0.1, -0.05) is 101 Å². The second-order valence-electron chi connectivity index (χ2n) is 15.0. The van der Waals surface area contributed by atoms with E-state index in [0.29, 0.717) is 11.6 Å². The summed E-state index contributed by atoms with van der Waals surface area (Å²) in [4.78, 5) is 14.3. The van der Waals surface area contributed by atoms with Crippen molar-refractivity contribution in [2.24, 2.45) is 0 Å². The summed E-state index contributed by atoms with van der Waals surface area (Å²) in [5.74, 6) is 1.39. The average molecular weight is 636 g/mol. The quantitative estimate of drug-likeness (QED) is 0.177. The monoisotopic (exact) mass is 635 g/mol. The van der Waals surface area contributed by atoms with Crippen LogP contribution in [0.25, 0.3) is 86.4 Å². The van der Waals surface area contributed by atoms with Crippen LogP contribution in [0, 0.1) is 0 Å². The van der Waals surface area contributed by atoms with Gasteiger partial charge in [0.25, 0.3) is 0 Å². The van der Waals surface area contributed by atoms with Crippen molar-refractivity contribution in [1.82, 2.24) is 15.0 Å². The van der Waals surface area contributed by atoms with Crippen LogP contribution in [0.4, 0.5) is 0 Å². The fourth-order valence-corrected chi connectivity index (χ4v) is 9.20. The van der Waals surface area contributed by atoms with Gasteiger partial charge in [0.05, 0.1) is 0 Å². The summed E-state index contributed by atoms with van der Waals surface area (Å²) in [6, 6.07) is 38.5. The number of hydrogen-bond donors (Lipinski definition) is 0. The smallest absolute Gasteiger partial charge is 0.163 e. The predicted molar refractivity (Wildman–Crippen MR) is 204 cm³/mol. The lowest BCUT2D eigenvalue weighted by Crippen LogP contribution is -2.15. The molecule has 48 heavy (non-hydrogen) atoms. The normalized spacial score (nSPS) is 14.1. The summed E-state index contributed by atoms with van der Waals surface area (Å²) in [7, 11) is 0. The first-order valence-corrected chi connectivity index (χ1v) is 17.5. The number of hydrogen-bond acceptors (Lipinski definition) is 4. The van der Waals surface area contributed by atoms with Crippen molar-refractivity contribution >= 4 is 63.8 Å². The number of fused-ring (bicyclic) bond motifs is 7. The molecule has 230 valence electrons. The van der Waals surface area contributed by atoms with E-state index in [0.717, 1.165) is 11.1 Å². The molecular formula is C44H33N3S. The first-order valence-electron chi connectivity index (χ1n) is 16.7. The minimum atomic E-state index is -0.175. The number of benzene rings is 7. The first kappa shape index (κ1) is 27.9. The maximum absolute atomic E-state index is 5.02. The molecule has 7 aromatic carbocycles. The molecule has 0 aliphatic heterocycles. The molecule has 9 aromatic rings. The summed E-state index contributed by atoms with van der Waals surface area (Å²) in [5.41, 5.74) is 8.66. The highest BCUT2D eigenvalue weighted by Gasteiger charge is 2.37. The molecule has 0 spiro atoms. The van der Waals surface area contributed by atoms with Crippen LogP contribution in [0.2, 0.25) is 0 Å². The summed E-state index contributed by atoms with van der Waals surface area (Å²) in [5, 5.41) is 10.5. The van der Waals surface area contributed by atoms with Gasteiger partial charge in [-0.2, -0.15) is 0 Å². The molecule has 1 aliphatic rings. The van der Waals surface area contributed by atoms with E-state index in [2.05, 4.69) is 148 Å². The lowest BCUT2D eigenvalue weighted by Gasteiger charge is -2.24. The standard InChI is InChI=1S/C44H33N3S/c1-43(2,3)29-18-24-10-11-26-21-35-40(32-16-12-25(19-29)38(24)39(26)32)31-15-13-28(22-34(31)44(35,4)5)42-46-23-45-41(47-42)27-14-17-37-33(20-27)30-8-6-7-9-36(30)48-37/h6-23H,1-5H3. The Hall–Kier alpha value is -5.19. The zero-order valence-electron chi connectivity index (χ0n) is 27.6. The van der Waals surface area contributed by atoms with Crippen LogP contribution >= 0.6 is 11.3 Å². The maximum atomic E-state index is 5.02. The molecule has 0 radical (unpaired) electrons. The second kappa shape index (κ2) is 9.46. The third-order valence-corrected chi connectivity index (χ3v) is 11.8. The fourth-order valence-electron chi connectivity index (χ4n) is 8.11. The summed E-state index contributed by atoms with van der Waals surface area (Å²) in [6.45, 7) is 11.6. The van der Waals surface area contributed by atoms with Crippen molar-refractivity contribution in [2.45, 2.75) is 45.4 Å². The number of nitrogens with zero attached hydrogens (tertiary/aromatic N) is 3. The van der Waals surface area contributed by atoms with Crippen LogP contribution in [-0.4, -0.2) is 15.0 Å². The molecule has 0 bridgehead atoms. The van der Waals surface area contributed by atoms with Gasteiger partial charge in [-0.3, -0.25) is 0 Å². The van der Waals surface area contributed by atoms with Crippen molar-refractivity contribution in [3.63, 3.8) is 0 Å². The van der Waals surface area contributed by atoms with Crippen molar-refractivity contribution in [3.8, 4) is 33.9 Å². The highest BCUT2D eigenvalue weighted by molar-refractivity contribution is 7.25. The Morgan fingerprint density at radius 3 is 2.02 bits per heavy atom. The zero-order valence-corrected chi connectivity index (χ0v) is 28.5. The molecule has 10 rings (SSSR count). The van der Waals surface area contributed by atoms with Crippen LogP contribution in [0.3, 0.4) is 0 Å². The topological polar surface area (TPSA) is 38.7 Å². The molecule has 2 aromatic heterocycles. The van der Waals surface area contributed by atoms with Crippen LogP contribution in [-0.2, 0) is 10.8 Å². The largest absolute Gasteiger partial charge is 0.217 e. The van der Waals surface area contributed by atoms with E-state index in [4.69, 9.17) is 4.98 Å². The van der Waals surface area contributed by atoms with E-state index in [-0.39, 0.29) is 10.8 Å². The van der Waals surface area contributed by atoms with Crippen molar-refractivity contribution < 1.29 is 0 Å². The van der Waals surface area contributed by atoms with E-state index in [9.17, 15) is 0 Å². The maximum Gasteiger partial charge on any atom is 0.163 e. The number of thiophene rings is 1. The Labute approximate surface area is 283 Å². The van der Waals surface area contributed by atoms with Gasteiger partial charge >= 0.3 is 0 Å². The molecule has 2 heterocycles. The fraction of sp³-hybridized carbons (Fsp3) is 0.159. The van der Waals surface area contributed by atoms with Crippen molar-refractivity contribution in [3.05, 3.63) is 126 Å². The van der Waals surface area contributed by atoms with Gasteiger partial charge < -0.3 is 0 Å². The van der Waals surface area contributed by atoms with Gasteiger partial charge in [0.15, 0.2) is 11.6 Å². The number of rotatable bonds is 2. The highest BCUT2D eigenvalue weighted by atomic mass is 32.1. The minimum Gasteiger partial charge on any atom is -0.217 e. The lowest BCUT2D eigenvalue weighted by molar-refractivity contribution is 0.591. The molecule has 0 unspecified atom stereocenters. The van der Waals surface area contributed by atoms with E-state index >= 15 is 0 Å². The minimum absolute atomic E-state index is 0.0954. The SMILES string of the molecule is CC(C)(C)c1cc2ccc3cc4c(c5ccc(c1)c2c35)-c1ccc(-c2ncnc(-c3ccc5sc6ccccc6c5c3)n2)cc1C4(C)C. The van der Waals surface area contributed by atoms with Gasteiger partial charge in [-0.25, -0.2) is 15.0 Å². The third kappa shape index (κ3) is 3.84. The first-order chi connectivity index (χ1) is 23.1. The predicted octanol–water partition coefficient (Wildman–Crippen LogP) is 12.1. The number of aromatic nitrogens is 3. The molecule has 0 atom stereocenters. The molecule has 0 amide bonds. The Bertz CT molecular complexity index is 2780. The molecule has 0 saturated heterocycles. The molecule has 0 N–H and O–H groups in total. The van der Waals surface area contributed by atoms with E-state index in [1.54, 1.807) is 6.33 Å².